The maximum Gasteiger partial charge on any atom is 0.519 e. The monoisotopic (exact) mass is 566 g/mol. The number of ether oxygens (including phenoxy) is 4. The molecule has 0 radical (unpaired) electrons. The van der Waals surface area contributed by atoms with E-state index in [1.807, 2.05) is 60.7 Å². The van der Waals surface area contributed by atoms with Crippen LogP contribution in [0.25, 0.3) is 0 Å². The predicted molar refractivity (Wildman–Crippen MR) is 167 cm³/mol. The lowest BCUT2D eigenvalue weighted by Crippen LogP contribution is -2.13. The van der Waals surface area contributed by atoms with Gasteiger partial charge in [0.1, 0.15) is 11.5 Å². The molecule has 0 heterocycles. The van der Waals surface area contributed by atoms with Gasteiger partial charge in [-0.25, -0.2) is 4.79 Å². The lowest BCUT2D eigenvalue weighted by molar-refractivity contribution is 0.0481. The molecule has 0 N–H and O–H groups in total. The average molecular weight is 567 g/mol. The molecule has 4 aromatic carbocycles. The molecule has 0 spiro atoms. The van der Waals surface area contributed by atoms with Crippen LogP contribution in [-0.2, 0) is 22.3 Å². The minimum Gasteiger partial charge on any atom is -0.395 e. The van der Waals surface area contributed by atoms with Gasteiger partial charge in [-0.1, -0.05) is 112 Å². The fourth-order valence-electron chi connectivity index (χ4n) is 4.85. The molecular formula is C37H42O5. The van der Waals surface area contributed by atoms with Gasteiger partial charge in [0, 0.05) is 0 Å². The van der Waals surface area contributed by atoms with Gasteiger partial charge in [0.15, 0.2) is 0 Å². The van der Waals surface area contributed by atoms with Gasteiger partial charge in [0.2, 0.25) is 0 Å². The van der Waals surface area contributed by atoms with E-state index < -0.39 is 6.16 Å². The summed E-state index contributed by atoms with van der Waals surface area (Å²) in [5.41, 5.74) is 4.65. The zero-order chi connectivity index (χ0) is 29.4. The molecule has 5 nitrogen and oxygen atoms in total. The first-order valence-electron chi connectivity index (χ1n) is 15.0. The van der Waals surface area contributed by atoms with Crippen LogP contribution in [0.1, 0.15) is 74.0 Å². The van der Waals surface area contributed by atoms with Crippen molar-refractivity contribution in [1.29, 1.82) is 0 Å². The first-order chi connectivity index (χ1) is 20.6. The molecule has 0 amide bonds. The molecule has 5 heteroatoms. The van der Waals surface area contributed by atoms with E-state index in [1.54, 1.807) is 24.3 Å². The number of benzene rings is 4. The summed E-state index contributed by atoms with van der Waals surface area (Å²) in [6.07, 6.45) is 5.11. The van der Waals surface area contributed by atoms with E-state index >= 15 is 0 Å². The molecule has 2 atom stereocenters. The Labute approximate surface area is 250 Å². The third kappa shape index (κ3) is 10.2. The molecule has 4 rings (SSSR count). The molecule has 0 aliphatic rings. The standard InChI is InChI=1S/C37H42O5/c1-3-11-35(31-13-7-5-8-14-31)39-27-25-29-17-21-33(22-18-29)41-37(38)42-34-23-19-30(20-24-34)26-28-40-36(12-4-2)32-15-9-6-10-16-32/h5-10,13-24,35-36H,3-4,11-12,25-28H2,1-2H3. The highest BCUT2D eigenvalue weighted by molar-refractivity contribution is 5.67. The van der Waals surface area contributed by atoms with Crippen LogP contribution in [0.15, 0.2) is 109 Å². The normalized spacial score (nSPS) is 12.4. The van der Waals surface area contributed by atoms with Crippen LogP contribution in [0, 0.1) is 0 Å². The molecule has 220 valence electrons. The fourth-order valence-corrected chi connectivity index (χ4v) is 4.85. The smallest absolute Gasteiger partial charge is 0.395 e. The van der Waals surface area contributed by atoms with Crippen molar-refractivity contribution in [2.24, 2.45) is 0 Å². The SMILES string of the molecule is CCCC(OCCc1ccc(OC(=O)Oc2ccc(CCOC(CCC)c3ccccc3)cc2)cc1)c1ccccc1. The van der Waals surface area contributed by atoms with E-state index in [-0.39, 0.29) is 12.2 Å². The molecule has 4 aromatic rings. The molecule has 0 bridgehead atoms. The highest BCUT2D eigenvalue weighted by Gasteiger charge is 2.13. The molecular weight excluding hydrogens is 524 g/mol. The summed E-state index contributed by atoms with van der Waals surface area (Å²) in [4.78, 5) is 12.4. The molecule has 0 aliphatic carbocycles. The quantitative estimate of drug-likeness (QED) is 0.0999. The lowest BCUT2D eigenvalue weighted by Gasteiger charge is -2.18. The van der Waals surface area contributed by atoms with E-state index in [2.05, 4.69) is 38.1 Å². The predicted octanol–water partition coefficient (Wildman–Crippen LogP) is 9.47. The Kier molecular flexibility index (Phi) is 12.6. The Bertz CT molecular complexity index is 1200. The summed E-state index contributed by atoms with van der Waals surface area (Å²) in [6, 6.07) is 35.6. The second-order valence-corrected chi connectivity index (χ2v) is 10.4. The Morgan fingerprint density at radius 3 is 1.29 bits per heavy atom. The van der Waals surface area contributed by atoms with Crippen molar-refractivity contribution in [3.8, 4) is 11.5 Å². The minimum absolute atomic E-state index is 0.105. The van der Waals surface area contributed by atoms with E-state index in [1.165, 1.54) is 11.1 Å². The van der Waals surface area contributed by atoms with Gasteiger partial charge in [-0.3, -0.25) is 0 Å². The highest BCUT2D eigenvalue weighted by atomic mass is 16.7. The van der Waals surface area contributed by atoms with Crippen molar-refractivity contribution < 1.29 is 23.7 Å². The number of rotatable bonds is 16. The number of hydrogen-bond donors (Lipinski definition) is 0. The van der Waals surface area contributed by atoms with Crippen molar-refractivity contribution in [2.45, 2.75) is 64.6 Å². The molecule has 2 unspecified atom stereocenters. The lowest BCUT2D eigenvalue weighted by atomic mass is 10.1. The molecule has 0 aromatic heterocycles. The Morgan fingerprint density at radius 2 is 0.929 bits per heavy atom. The summed E-state index contributed by atoms with van der Waals surface area (Å²) in [5.74, 6) is 0.873. The van der Waals surface area contributed by atoms with Crippen LogP contribution in [-0.4, -0.2) is 19.4 Å². The second kappa shape index (κ2) is 17.1. The summed E-state index contributed by atoms with van der Waals surface area (Å²) >= 11 is 0. The molecule has 42 heavy (non-hydrogen) atoms. The number of carbonyl (C=O) groups is 1. The largest absolute Gasteiger partial charge is 0.519 e. The van der Waals surface area contributed by atoms with Crippen LogP contribution in [0.5, 0.6) is 11.5 Å². The third-order valence-corrected chi connectivity index (χ3v) is 7.11. The van der Waals surface area contributed by atoms with Crippen LogP contribution in [0.2, 0.25) is 0 Å². The summed E-state index contributed by atoms with van der Waals surface area (Å²) in [6.45, 7) is 5.59. The van der Waals surface area contributed by atoms with Gasteiger partial charge in [-0.05, 0) is 72.2 Å². The van der Waals surface area contributed by atoms with Crippen molar-refractivity contribution in [1.82, 2.24) is 0 Å². The number of hydrogen-bond acceptors (Lipinski definition) is 5. The van der Waals surface area contributed by atoms with Crippen LogP contribution >= 0.6 is 0 Å². The van der Waals surface area contributed by atoms with Crippen LogP contribution < -0.4 is 9.47 Å². The van der Waals surface area contributed by atoms with E-state index in [4.69, 9.17) is 18.9 Å². The van der Waals surface area contributed by atoms with Gasteiger partial charge in [-0.2, -0.15) is 0 Å². The fraction of sp³-hybridized carbons (Fsp3) is 0.324. The van der Waals surface area contributed by atoms with Gasteiger partial charge >= 0.3 is 6.16 Å². The van der Waals surface area contributed by atoms with Crippen molar-refractivity contribution in [3.63, 3.8) is 0 Å². The topological polar surface area (TPSA) is 54.0 Å². The zero-order valence-electron chi connectivity index (χ0n) is 24.7. The van der Waals surface area contributed by atoms with Gasteiger partial charge < -0.3 is 18.9 Å². The second-order valence-electron chi connectivity index (χ2n) is 10.4. The van der Waals surface area contributed by atoms with Gasteiger partial charge in [0.05, 0.1) is 25.4 Å². The molecule has 0 aliphatic heterocycles. The first kappa shape index (κ1) is 31.0. The number of carbonyl (C=O) groups excluding carboxylic acids is 1. The van der Waals surface area contributed by atoms with Crippen LogP contribution in [0.3, 0.4) is 0 Å². The molecule has 0 fully saturated rings. The van der Waals surface area contributed by atoms with Crippen molar-refractivity contribution >= 4 is 6.16 Å². The Morgan fingerprint density at radius 1 is 0.548 bits per heavy atom. The maximum atomic E-state index is 12.4. The van der Waals surface area contributed by atoms with E-state index in [0.29, 0.717) is 24.7 Å². The van der Waals surface area contributed by atoms with Gasteiger partial charge in [-0.15, -0.1) is 0 Å². The van der Waals surface area contributed by atoms with E-state index in [9.17, 15) is 4.79 Å². The van der Waals surface area contributed by atoms with Crippen molar-refractivity contribution in [3.05, 3.63) is 131 Å². The first-order valence-corrected chi connectivity index (χ1v) is 15.0. The zero-order valence-corrected chi connectivity index (χ0v) is 24.7. The van der Waals surface area contributed by atoms with Crippen LogP contribution in [0.4, 0.5) is 4.79 Å². The minimum atomic E-state index is -0.766. The van der Waals surface area contributed by atoms with E-state index in [0.717, 1.165) is 49.7 Å². The Hall–Kier alpha value is -3.93. The summed E-state index contributed by atoms with van der Waals surface area (Å²) < 4.78 is 23.1. The average Bonchev–Trinajstić information content (AvgIpc) is 3.03. The molecule has 0 saturated carbocycles. The summed E-state index contributed by atoms with van der Waals surface area (Å²) in [5, 5.41) is 0. The van der Waals surface area contributed by atoms with Gasteiger partial charge in [0.25, 0.3) is 0 Å². The summed E-state index contributed by atoms with van der Waals surface area (Å²) in [7, 11) is 0. The highest BCUT2D eigenvalue weighted by Crippen LogP contribution is 2.24. The Balaban J connectivity index is 1.18. The third-order valence-electron chi connectivity index (χ3n) is 7.11. The molecule has 0 saturated heterocycles. The maximum absolute atomic E-state index is 12.4. The van der Waals surface area contributed by atoms with Crippen molar-refractivity contribution in [2.75, 3.05) is 13.2 Å².